The molecule has 11 aromatic rings. The van der Waals surface area contributed by atoms with Crippen molar-refractivity contribution in [2.45, 2.75) is 0 Å². The first-order valence-corrected chi connectivity index (χ1v) is 20.4. The minimum absolute atomic E-state index is 0.864. The molecule has 2 heterocycles. The lowest BCUT2D eigenvalue weighted by molar-refractivity contribution is 0.669. The van der Waals surface area contributed by atoms with Crippen LogP contribution in [0.4, 0.5) is 34.1 Å². The van der Waals surface area contributed by atoms with Gasteiger partial charge in [-0.05, 0) is 125 Å². The molecule has 0 unspecified atom stereocenters. The fourth-order valence-corrected chi connectivity index (χ4v) is 9.33. The fraction of sp³-hybridized carbons (Fsp3) is 0. The summed E-state index contributed by atoms with van der Waals surface area (Å²) >= 11 is 1.85. The fourth-order valence-electron chi connectivity index (χ4n) is 8.24. The van der Waals surface area contributed by atoms with Gasteiger partial charge in [0.05, 0.1) is 0 Å². The lowest BCUT2D eigenvalue weighted by Gasteiger charge is -2.29. The molecule has 274 valence electrons. The second-order valence-corrected chi connectivity index (χ2v) is 15.7. The Balaban J connectivity index is 1.06. The molecule has 0 amide bonds. The number of nitrogens with zero attached hydrogens (tertiary/aromatic N) is 2. The van der Waals surface area contributed by atoms with E-state index in [4.69, 9.17) is 4.42 Å². The van der Waals surface area contributed by atoms with Gasteiger partial charge < -0.3 is 14.2 Å². The molecule has 3 nitrogen and oxygen atoms in total. The van der Waals surface area contributed by atoms with Gasteiger partial charge in [-0.1, -0.05) is 115 Å². The zero-order valence-electron chi connectivity index (χ0n) is 31.5. The van der Waals surface area contributed by atoms with Crippen LogP contribution in [0.1, 0.15) is 0 Å². The summed E-state index contributed by atoms with van der Waals surface area (Å²) in [5.41, 5.74) is 12.9. The Morgan fingerprint density at radius 1 is 0.276 bits per heavy atom. The van der Waals surface area contributed by atoms with Gasteiger partial charge >= 0.3 is 0 Å². The number of thiophene rings is 1. The smallest absolute Gasteiger partial charge is 0.135 e. The van der Waals surface area contributed by atoms with Gasteiger partial charge in [0.15, 0.2) is 0 Å². The predicted molar refractivity (Wildman–Crippen MR) is 247 cm³/mol. The van der Waals surface area contributed by atoms with Gasteiger partial charge in [0, 0.05) is 65.1 Å². The number of fused-ring (bicyclic) bond motifs is 6. The topological polar surface area (TPSA) is 19.6 Å². The van der Waals surface area contributed by atoms with Gasteiger partial charge in [0.2, 0.25) is 0 Å². The predicted octanol–water partition coefficient (Wildman–Crippen LogP) is 16.2. The Morgan fingerprint density at radius 2 is 0.724 bits per heavy atom. The van der Waals surface area contributed by atoms with Gasteiger partial charge in [-0.25, -0.2) is 0 Å². The third-order valence-corrected chi connectivity index (χ3v) is 12.2. The van der Waals surface area contributed by atoms with Crippen molar-refractivity contribution < 1.29 is 4.42 Å². The van der Waals surface area contributed by atoms with Gasteiger partial charge in [-0.3, -0.25) is 0 Å². The molecular weight excluding hydrogens is 725 g/mol. The van der Waals surface area contributed by atoms with Crippen molar-refractivity contribution in [2.75, 3.05) is 9.80 Å². The number of hydrogen-bond donors (Lipinski definition) is 0. The summed E-state index contributed by atoms with van der Waals surface area (Å²) in [7, 11) is 0. The van der Waals surface area contributed by atoms with E-state index in [0.717, 1.165) is 56.1 Å². The van der Waals surface area contributed by atoms with Crippen molar-refractivity contribution in [3.05, 3.63) is 218 Å². The van der Waals surface area contributed by atoms with E-state index in [9.17, 15) is 0 Å². The molecule has 0 aliphatic rings. The van der Waals surface area contributed by atoms with Crippen molar-refractivity contribution >= 4 is 87.6 Å². The van der Waals surface area contributed by atoms with E-state index < -0.39 is 0 Å². The van der Waals surface area contributed by atoms with E-state index in [0.29, 0.717) is 0 Å². The maximum absolute atomic E-state index is 6.49. The van der Waals surface area contributed by atoms with E-state index in [1.807, 2.05) is 11.3 Å². The zero-order valence-corrected chi connectivity index (χ0v) is 32.3. The highest BCUT2D eigenvalue weighted by Gasteiger charge is 2.19. The zero-order chi connectivity index (χ0) is 38.4. The first-order chi connectivity index (χ1) is 28.7. The monoisotopic (exact) mass is 760 g/mol. The molecule has 0 bridgehead atoms. The highest BCUT2D eigenvalue weighted by molar-refractivity contribution is 7.25. The largest absolute Gasteiger partial charge is 0.456 e. The first kappa shape index (κ1) is 33.9. The van der Waals surface area contributed by atoms with E-state index in [-0.39, 0.29) is 0 Å². The molecule has 4 heteroatoms. The Hall–Kier alpha value is -7.40. The summed E-state index contributed by atoms with van der Waals surface area (Å²) in [6, 6.07) is 78.1. The molecule has 0 fully saturated rings. The molecule has 0 aliphatic carbocycles. The number of anilines is 6. The van der Waals surface area contributed by atoms with Gasteiger partial charge in [-0.15, -0.1) is 11.3 Å². The summed E-state index contributed by atoms with van der Waals surface area (Å²) < 4.78 is 9.12. The maximum Gasteiger partial charge on any atom is 0.135 e. The summed E-state index contributed by atoms with van der Waals surface area (Å²) in [5, 5.41) is 4.78. The number of furan rings is 1. The molecule has 0 aliphatic heterocycles. The van der Waals surface area contributed by atoms with Crippen molar-refractivity contribution in [1.82, 2.24) is 0 Å². The summed E-state index contributed by atoms with van der Waals surface area (Å²) in [6.07, 6.45) is 0. The Labute approximate surface area is 340 Å². The molecule has 0 radical (unpaired) electrons. The molecule has 9 aromatic carbocycles. The second kappa shape index (κ2) is 14.3. The standard InChI is InChI=1S/C54H36N2OS/c1-4-13-37(14-5-1)38-23-27-43(28-24-38)56(45-20-12-19-44(35-45)55(41-15-6-2-7-16-41)42-17-8-3-9-18-42)46-29-31-52-49(36-46)48-33-39(25-30-51(48)57-52)40-26-32-54-50(34-40)47-21-10-11-22-53(47)58-54/h1-36H. The van der Waals surface area contributed by atoms with Crippen LogP contribution in [0.15, 0.2) is 223 Å². The van der Waals surface area contributed by atoms with Crippen LogP contribution in [-0.4, -0.2) is 0 Å². The van der Waals surface area contributed by atoms with Crippen LogP contribution in [0.25, 0.3) is 64.4 Å². The van der Waals surface area contributed by atoms with Crippen LogP contribution < -0.4 is 9.80 Å². The Morgan fingerprint density at radius 3 is 1.43 bits per heavy atom. The maximum atomic E-state index is 6.49. The van der Waals surface area contributed by atoms with Crippen molar-refractivity contribution in [3.63, 3.8) is 0 Å². The second-order valence-electron chi connectivity index (χ2n) is 14.6. The molecule has 0 saturated heterocycles. The first-order valence-electron chi connectivity index (χ1n) is 19.6. The molecule has 11 rings (SSSR count). The van der Waals surface area contributed by atoms with E-state index in [1.165, 1.54) is 42.4 Å². The summed E-state index contributed by atoms with van der Waals surface area (Å²) in [5.74, 6) is 0. The normalized spacial score (nSPS) is 11.4. The van der Waals surface area contributed by atoms with Crippen molar-refractivity contribution in [3.8, 4) is 22.3 Å². The summed E-state index contributed by atoms with van der Waals surface area (Å²) in [6.45, 7) is 0. The van der Waals surface area contributed by atoms with Crippen molar-refractivity contribution in [2.24, 2.45) is 0 Å². The average molecular weight is 761 g/mol. The molecule has 0 spiro atoms. The molecular formula is C54H36N2OS. The number of rotatable bonds is 8. The minimum Gasteiger partial charge on any atom is -0.456 e. The SMILES string of the molecule is c1ccc(-c2ccc(N(c3cccc(N(c4ccccc4)c4ccccc4)c3)c3ccc4oc5ccc(-c6ccc7sc8ccccc8c7c6)cc5c4c3)cc2)cc1. The molecule has 0 N–H and O–H groups in total. The van der Waals surface area contributed by atoms with Gasteiger partial charge in [0.25, 0.3) is 0 Å². The molecule has 2 aromatic heterocycles. The lowest BCUT2D eigenvalue weighted by atomic mass is 10.0. The molecule has 58 heavy (non-hydrogen) atoms. The third kappa shape index (κ3) is 6.08. The molecule has 0 atom stereocenters. The number of para-hydroxylation sites is 2. The lowest BCUT2D eigenvalue weighted by Crippen LogP contribution is -2.13. The highest BCUT2D eigenvalue weighted by Crippen LogP contribution is 2.43. The van der Waals surface area contributed by atoms with Crippen LogP contribution >= 0.6 is 11.3 Å². The van der Waals surface area contributed by atoms with Crippen LogP contribution in [0.5, 0.6) is 0 Å². The van der Waals surface area contributed by atoms with E-state index >= 15 is 0 Å². The van der Waals surface area contributed by atoms with Crippen molar-refractivity contribution in [1.29, 1.82) is 0 Å². The third-order valence-electron chi connectivity index (χ3n) is 11.0. The number of hydrogen-bond acceptors (Lipinski definition) is 4. The quantitative estimate of drug-likeness (QED) is 0.154. The van der Waals surface area contributed by atoms with E-state index in [2.05, 4.69) is 228 Å². The van der Waals surface area contributed by atoms with Crippen LogP contribution in [0, 0.1) is 0 Å². The van der Waals surface area contributed by atoms with Crippen LogP contribution in [0.3, 0.4) is 0 Å². The van der Waals surface area contributed by atoms with E-state index in [1.54, 1.807) is 0 Å². The minimum atomic E-state index is 0.864. The average Bonchev–Trinajstić information content (AvgIpc) is 3.85. The Bertz CT molecular complexity index is 3190. The Kier molecular flexibility index (Phi) is 8.34. The van der Waals surface area contributed by atoms with Crippen LogP contribution in [-0.2, 0) is 0 Å². The van der Waals surface area contributed by atoms with Crippen LogP contribution in [0.2, 0.25) is 0 Å². The van der Waals surface area contributed by atoms with Gasteiger partial charge in [-0.2, -0.15) is 0 Å². The highest BCUT2D eigenvalue weighted by atomic mass is 32.1. The summed E-state index contributed by atoms with van der Waals surface area (Å²) in [4.78, 5) is 4.66. The number of benzene rings is 9. The van der Waals surface area contributed by atoms with Gasteiger partial charge in [0.1, 0.15) is 11.2 Å². The molecule has 0 saturated carbocycles.